The second-order valence-electron chi connectivity index (χ2n) is 5.38. The monoisotopic (exact) mass is 312 g/mol. The van der Waals surface area contributed by atoms with E-state index >= 15 is 0 Å². The van der Waals surface area contributed by atoms with E-state index in [1.54, 1.807) is 7.11 Å². The van der Waals surface area contributed by atoms with Crippen LogP contribution in [0.4, 0.5) is 0 Å². The van der Waals surface area contributed by atoms with E-state index in [0.29, 0.717) is 6.54 Å². The molecule has 2 N–H and O–H groups in total. The van der Waals surface area contributed by atoms with Gasteiger partial charge in [0, 0.05) is 6.54 Å². The van der Waals surface area contributed by atoms with Crippen molar-refractivity contribution in [3.8, 4) is 5.75 Å². The van der Waals surface area contributed by atoms with Crippen LogP contribution in [0.1, 0.15) is 24.8 Å². The van der Waals surface area contributed by atoms with E-state index in [0.717, 1.165) is 37.6 Å². The summed E-state index contributed by atoms with van der Waals surface area (Å²) in [6.07, 6.45) is 4.53. The predicted molar refractivity (Wildman–Crippen MR) is 87.2 cm³/mol. The van der Waals surface area contributed by atoms with Gasteiger partial charge in [-0.3, -0.25) is 4.79 Å². The molecule has 0 unspecified atom stereocenters. The first-order chi connectivity index (χ1) is 9.78. The molecule has 5 heteroatoms. The first-order valence-electron chi connectivity index (χ1n) is 7.38. The molecule has 0 saturated heterocycles. The van der Waals surface area contributed by atoms with Crippen LogP contribution in [0, 0.1) is 5.92 Å². The van der Waals surface area contributed by atoms with E-state index in [1.165, 1.54) is 18.4 Å². The first kappa shape index (κ1) is 17.8. The molecule has 0 atom stereocenters. The third kappa shape index (κ3) is 7.34. The van der Waals surface area contributed by atoms with Crippen LogP contribution in [0.25, 0.3) is 0 Å². The third-order valence-corrected chi connectivity index (χ3v) is 3.51. The highest BCUT2D eigenvalue weighted by atomic mass is 35.5. The summed E-state index contributed by atoms with van der Waals surface area (Å²) in [7, 11) is 1.67. The van der Waals surface area contributed by atoms with Gasteiger partial charge in [0.2, 0.25) is 5.91 Å². The summed E-state index contributed by atoms with van der Waals surface area (Å²) in [5.41, 5.74) is 1.24. The van der Waals surface area contributed by atoms with Gasteiger partial charge >= 0.3 is 0 Å². The molecule has 4 nitrogen and oxygen atoms in total. The average molecular weight is 313 g/mol. The molecule has 1 aromatic carbocycles. The van der Waals surface area contributed by atoms with Crippen molar-refractivity contribution in [1.82, 2.24) is 10.6 Å². The number of halogens is 1. The molecule has 2 rings (SSSR count). The zero-order valence-electron chi connectivity index (χ0n) is 12.6. The van der Waals surface area contributed by atoms with Crippen LogP contribution in [0.2, 0.25) is 0 Å². The van der Waals surface area contributed by atoms with E-state index in [-0.39, 0.29) is 18.3 Å². The SMILES string of the molecule is COc1cccc(CCCNC(=O)CNCC2CC2)c1.Cl. The number of benzene rings is 1. The van der Waals surface area contributed by atoms with Gasteiger partial charge in [-0.2, -0.15) is 0 Å². The summed E-state index contributed by atoms with van der Waals surface area (Å²) in [4.78, 5) is 11.6. The van der Waals surface area contributed by atoms with Crippen LogP contribution in [-0.4, -0.2) is 32.7 Å². The number of rotatable bonds is 9. The zero-order chi connectivity index (χ0) is 14.2. The molecule has 1 aromatic rings. The highest BCUT2D eigenvalue weighted by Gasteiger charge is 2.20. The maximum Gasteiger partial charge on any atom is 0.233 e. The van der Waals surface area contributed by atoms with Gasteiger partial charge in [0.15, 0.2) is 0 Å². The van der Waals surface area contributed by atoms with Gasteiger partial charge in [0.1, 0.15) is 5.75 Å². The number of hydrogen-bond acceptors (Lipinski definition) is 3. The fourth-order valence-electron chi connectivity index (χ4n) is 2.12. The van der Waals surface area contributed by atoms with Gasteiger partial charge in [-0.1, -0.05) is 12.1 Å². The second kappa shape index (κ2) is 9.64. The van der Waals surface area contributed by atoms with Gasteiger partial charge in [-0.25, -0.2) is 0 Å². The Labute approximate surface area is 133 Å². The Kier molecular flexibility index (Phi) is 8.16. The van der Waals surface area contributed by atoms with Crippen molar-refractivity contribution in [3.63, 3.8) is 0 Å². The Bertz CT molecular complexity index is 436. The van der Waals surface area contributed by atoms with Crippen molar-refractivity contribution < 1.29 is 9.53 Å². The minimum Gasteiger partial charge on any atom is -0.497 e. The molecular formula is C16H25ClN2O2. The lowest BCUT2D eigenvalue weighted by Gasteiger charge is -2.07. The number of hydrogen-bond donors (Lipinski definition) is 2. The van der Waals surface area contributed by atoms with Gasteiger partial charge < -0.3 is 15.4 Å². The lowest BCUT2D eigenvalue weighted by molar-refractivity contribution is -0.120. The lowest BCUT2D eigenvalue weighted by atomic mass is 10.1. The van der Waals surface area contributed by atoms with Crippen molar-refractivity contribution in [1.29, 1.82) is 0 Å². The fourth-order valence-corrected chi connectivity index (χ4v) is 2.12. The average Bonchev–Trinajstić information content (AvgIpc) is 3.28. The Morgan fingerprint density at radius 2 is 2.19 bits per heavy atom. The number of aryl methyl sites for hydroxylation is 1. The number of amides is 1. The number of carbonyl (C=O) groups excluding carboxylic acids is 1. The van der Waals surface area contributed by atoms with Crippen LogP contribution in [0.3, 0.4) is 0 Å². The topological polar surface area (TPSA) is 50.4 Å². The smallest absolute Gasteiger partial charge is 0.233 e. The largest absolute Gasteiger partial charge is 0.497 e. The predicted octanol–water partition coefficient (Wildman–Crippen LogP) is 2.17. The molecule has 0 spiro atoms. The molecule has 0 heterocycles. The zero-order valence-corrected chi connectivity index (χ0v) is 13.4. The van der Waals surface area contributed by atoms with Gasteiger partial charge in [-0.05, 0) is 55.8 Å². The maximum atomic E-state index is 11.6. The van der Waals surface area contributed by atoms with Crippen LogP contribution in [0.5, 0.6) is 5.75 Å². The first-order valence-corrected chi connectivity index (χ1v) is 7.38. The van der Waals surface area contributed by atoms with E-state index < -0.39 is 0 Å². The summed E-state index contributed by atoms with van der Waals surface area (Å²) in [5.74, 6) is 1.79. The summed E-state index contributed by atoms with van der Waals surface area (Å²) in [6.45, 7) is 2.15. The molecule has 0 aromatic heterocycles. The Morgan fingerprint density at radius 1 is 1.38 bits per heavy atom. The Hall–Kier alpha value is -1.26. The minimum absolute atomic E-state index is 0. The standard InChI is InChI=1S/C16H24N2O2.ClH/c1-20-15-6-2-4-13(10-15)5-3-9-18-16(19)12-17-11-14-7-8-14;/h2,4,6,10,14,17H,3,5,7-9,11-12H2,1H3,(H,18,19);1H. The molecule has 0 bridgehead atoms. The second-order valence-corrected chi connectivity index (χ2v) is 5.38. The quantitative estimate of drug-likeness (QED) is 0.687. The number of nitrogens with one attached hydrogen (secondary N) is 2. The highest BCUT2D eigenvalue weighted by Crippen LogP contribution is 2.27. The van der Waals surface area contributed by atoms with E-state index in [9.17, 15) is 4.79 Å². The molecule has 118 valence electrons. The fraction of sp³-hybridized carbons (Fsp3) is 0.562. The molecule has 0 radical (unpaired) electrons. The normalized spacial score (nSPS) is 13.4. The molecule has 1 aliphatic rings. The molecule has 1 fully saturated rings. The van der Waals surface area contributed by atoms with Gasteiger partial charge in [-0.15, -0.1) is 12.4 Å². The molecule has 1 aliphatic carbocycles. The molecular weight excluding hydrogens is 288 g/mol. The van der Waals surface area contributed by atoms with Crippen molar-refractivity contribution in [2.45, 2.75) is 25.7 Å². The van der Waals surface area contributed by atoms with Crippen LogP contribution in [-0.2, 0) is 11.2 Å². The van der Waals surface area contributed by atoms with Crippen LogP contribution in [0.15, 0.2) is 24.3 Å². The van der Waals surface area contributed by atoms with E-state index in [1.807, 2.05) is 18.2 Å². The minimum atomic E-state index is 0. The van der Waals surface area contributed by atoms with Crippen molar-refractivity contribution in [2.75, 3.05) is 26.7 Å². The summed E-state index contributed by atoms with van der Waals surface area (Å²) < 4.78 is 5.19. The van der Waals surface area contributed by atoms with Crippen LogP contribution < -0.4 is 15.4 Å². The summed E-state index contributed by atoms with van der Waals surface area (Å²) in [6, 6.07) is 8.06. The van der Waals surface area contributed by atoms with Crippen molar-refractivity contribution in [2.24, 2.45) is 5.92 Å². The maximum absolute atomic E-state index is 11.6. The van der Waals surface area contributed by atoms with Crippen molar-refractivity contribution >= 4 is 18.3 Å². The molecule has 21 heavy (non-hydrogen) atoms. The molecule has 1 saturated carbocycles. The Morgan fingerprint density at radius 3 is 2.90 bits per heavy atom. The van der Waals surface area contributed by atoms with Gasteiger partial charge in [0.25, 0.3) is 0 Å². The highest BCUT2D eigenvalue weighted by molar-refractivity contribution is 5.85. The number of methoxy groups -OCH3 is 1. The summed E-state index contributed by atoms with van der Waals surface area (Å²) >= 11 is 0. The number of ether oxygens (including phenoxy) is 1. The van der Waals surface area contributed by atoms with E-state index in [2.05, 4.69) is 16.7 Å². The molecule has 0 aliphatic heterocycles. The van der Waals surface area contributed by atoms with Crippen molar-refractivity contribution in [3.05, 3.63) is 29.8 Å². The summed E-state index contributed by atoms with van der Waals surface area (Å²) in [5, 5.41) is 6.14. The molecule has 1 amide bonds. The van der Waals surface area contributed by atoms with Crippen LogP contribution >= 0.6 is 12.4 Å². The Balaban J connectivity index is 0.00000220. The lowest BCUT2D eigenvalue weighted by Crippen LogP contribution is -2.35. The number of carbonyl (C=O) groups is 1. The van der Waals surface area contributed by atoms with Gasteiger partial charge in [0.05, 0.1) is 13.7 Å². The third-order valence-electron chi connectivity index (χ3n) is 3.51. The van der Waals surface area contributed by atoms with E-state index in [4.69, 9.17) is 4.74 Å².